The minimum absolute atomic E-state index is 0.0194. The van der Waals surface area contributed by atoms with E-state index in [-0.39, 0.29) is 16.0 Å². The summed E-state index contributed by atoms with van der Waals surface area (Å²) in [5, 5.41) is 3.26. The van der Waals surface area contributed by atoms with Crippen LogP contribution < -0.4 is 11.0 Å². The van der Waals surface area contributed by atoms with Crippen molar-refractivity contribution in [3.05, 3.63) is 16.3 Å². The van der Waals surface area contributed by atoms with Gasteiger partial charge < -0.3 is 10.1 Å². The van der Waals surface area contributed by atoms with Crippen LogP contribution in [0, 0.1) is 6.92 Å². The van der Waals surface area contributed by atoms with Crippen LogP contribution in [0.3, 0.4) is 0 Å². The molecule has 2 aromatic heterocycles. The molecule has 0 aromatic carbocycles. The second kappa shape index (κ2) is 6.32. The number of hydrogen-bond donors (Lipinski definition) is 2. The molecule has 1 N–H and O–H groups in total. The number of aromatic nitrogens is 4. The lowest BCUT2D eigenvalue weighted by Gasteiger charge is -2.15. The highest BCUT2D eigenvalue weighted by Crippen LogP contribution is 2.62. The van der Waals surface area contributed by atoms with E-state index < -0.39 is 0 Å². The van der Waals surface area contributed by atoms with Gasteiger partial charge in [0.1, 0.15) is 11.3 Å². The molecule has 25 heavy (non-hydrogen) atoms. The van der Waals surface area contributed by atoms with Crippen molar-refractivity contribution >= 4 is 29.6 Å². The van der Waals surface area contributed by atoms with Crippen LogP contribution in [0.25, 0.3) is 11.2 Å². The molecule has 2 fully saturated rings. The second-order valence-corrected chi connectivity index (χ2v) is 7.08. The van der Waals surface area contributed by atoms with Crippen molar-refractivity contribution in [3.8, 4) is 0 Å². The predicted molar refractivity (Wildman–Crippen MR) is 103 cm³/mol. The summed E-state index contributed by atoms with van der Waals surface area (Å²) in [6, 6.07) is 0. The fourth-order valence-electron chi connectivity index (χ4n) is 3.82. The monoisotopic (exact) mass is 365 g/mol. The third kappa shape index (κ3) is 2.33. The van der Waals surface area contributed by atoms with E-state index in [0.29, 0.717) is 37.8 Å². The summed E-state index contributed by atoms with van der Waals surface area (Å²) in [6.45, 7) is 12.3. The van der Waals surface area contributed by atoms with Crippen LogP contribution in [-0.2, 0) is 16.8 Å². The lowest BCUT2D eigenvalue weighted by molar-refractivity contribution is 0.149. The molecule has 7 nitrogen and oxygen atoms in total. The van der Waals surface area contributed by atoms with Crippen molar-refractivity contribution in [2.75, 3.05) is 25.1 Å². The van der Waals surface area contributed by atoms with E-state index in [1.54, 1.807) is 4.57 Å². The first-order valence-corrected chi connectivity index (χ1v) is 9.55. The van der Waals surface area contributed by atoms with Crippen LogP contribution in [-0.4, -0.2) is 43.6 Å². The van der Waals surface area contributed by atoms with Crippen molar-refractivity contribution < 1.29 is 4.74 Å². The number of nitrogens with one attached hydrogen (secondary N) is 1. The molecule has 2 atom stereocenters. The van der Waals surface area contributed by atoms with Gasteiger partial charge in [-0.05, 0) is 13.3 Å². The first-order chi connectivity index (χ1) is 12.1. The van der Waals surface area contributed by atoms with Crippen molar-refractivity contribution in [1.29, 1.82) is 0 Å². The van der Waals surface area contributed by atoms with E-state index in [2.05, 4.69) is 15.3 Å². The van der Waals surface area contributed by atoms with Gasteiger partial charge in [0.15, 0.2) is 11.5 Å². The molecular formula is C17H27N5O2S. The standard InChI is InChI=1S/C13H15N5O2S.2C2H6/c1-7-15-9-8-10(16-7)18(11(19)17(8)3-2-14-9)12-4-13(12,21)6-20-5-12;2*1-2/h21H,2-6H2,1H3,(H,14,15,16);2*1-2H3. The van der Waals surface area contributed by atoms with Crippen LogP contribution in [0.4, 0.5) is 5.82 Å². The fraction of sp³-hybridized carbons (Fsp3) is 0.706. The van der Waals surface area contributed by atoms with E-state index in [1.165, 1.54) is 0 Å². The maximum absolute atomic E-state index is 12.9. The van der Waals surface area contributed by atoms with E-state index in [0.717, 1.165) is 17.8 Å². The maximum atomic E-state index is 12.9. The molecule has 138 valence electrons. The van der Waals surface area contributed by atoms with Gasteiger partial charge in [0.25, 0.3) is 0 Å². The second-order valence-electron chi connectivity index (χ2n) is 6.22. The van der Waals surface area contributed by atoms with Crippen LogP contribution in [0.2, 0.25) is 0 Å². The Morgan fingerprint density at radius 2 is 1.92 bits per heavy atom. The molecule has 5 rings (SSSR count). The minimum atomic E-state index is -0.348. The Hall–Kier alpha value is -1.54. The smallest absolute Gasteiger partial charge is 0.331 e. The van der Waals surface area contributed by atoms with Crippen LogP contribution in [0.15, 0.2) is 4.79 Å². The van der Waals surface area contributed by atoms with Gasteiger partial charge >= 0.3 is 5.69 Å². The average molecular weight is 366 g/mol. The number of imidazole rings is 1. The highest BCUT2D eigenvalue weighted by molar-refractivity contribution is 7.82. The van der Waals surface area contributed by atoms with E-state index in [9.17, 15) is 4.79 Å². The SMILES string of the molecule is CC.CC.Cc1nc2c3c(n1)n(C14COCC1(S)C4)c(=O)n3CCN2. The lowest BCUT2D eigenvalue weighted by atomic mass is 10.2. The quantitative estimate of drug-likeness (QED) is 0.758. The number of nitrogens with zero attached hydrogens (tertiary/aromatic N) is 4. The Morgan fingerprint density at radius 3 is 2.52 bits per heavy atom. The summed E-state index contributed by atoms with van der Waals surface area (Å²) >= 11 is 4.75. The van der Waals surface area contributed by atoms with Crippen LogP contribution >= 0.6 is 12.6 Å². The molecule has 0 radical (unpaired) electrons. The van der Waals surface area contributed by atoms with Crippen molar-refractivity contribution in [2.45, 2.75) is 57.9 Å². The normalized spacial score (nSPS) is 28.2. The number of anilines is 1. The zero-order valence-corrected chi connectivity index (χ0v) is 16.5. The third-order valence-corrected chi connectivity index (χ3v) is 5.65. The molecule has 4 heterocycles. The Balaban J connectivity index is 0.000000428. The molecule has 2 aromatic rings. The van der Waals surface area contributed by atoms with Crippen molar-refractivity contribution in [1.82, 2.24) is 19.1 Å². The number of hydrogen-bond acceptors (Lipinski definition) is 6. The number of ether oxygens (including phenoxy) is 1. The Kier molecular flexibility index (Phi) is 4.61. The van der Waals surface area contributed by atoms with E-state index in [4.69, 9.17) is 17.4 Å². The molecule has 8 heteroatoms. The highest BCUT2D eigenvalue weighted by Gasteiger charge is 2.72. The Labute approximate surface area is 153 Å². The molecule has 0 bridgehead atoms. The van der Waals surface area contributed by atoms with Gasteiger partial charge in [-0.1, -0.05) is 27.7 Å². The minimum Gasteiger partial charge on any atom is -0.377 e. The van der Waals surface area contributed by atoms with Gasteiger partial charge in [-0.25, -0.2) is 14.8 Å². The molecule has 2 unspecified atom stereocenters. The van der Waals surface area contributed by atoms with Crippen molar-refractivity contribution in [3.63, 3.8) is 0 Å². The highest BCUT2D eigenvalue weighted by atomic mass is 32.1. The molecular weight excluding hydrogens is 338 g/mol. The van der Waals surface area contributed by atoms with E-state index in [1.807, 2.05) is 39.2 Å². The lowest BCUT2D eigenvalue weighted by Crippen LogP contribution is -2.37. The largest absolute Gasteiger partial charge is 0.377 e. The summed E-state index contributed by atoms with van der Waals surface area (Å²) in [7, 11) is 0. The van der Waals surface area contributed by atoms with Gasteiger partial charge in [-0.3, -0.25) is 9.13 Å². The molecule has 3 aliphatic rings. The summed E-state index contributed by atoms with van der Waals surface area (Å²) in [4.78, 5) is 21.9. The first-order valence-electron chi connectivity index (χ1n) is 9.10. The summed E-state index contributed by atoms with van der Waals surface area (Å²) in [6.07, 6.45) is 0.855. The number of aryl methyl sites for hydroxylation is 1. The van der Waals surface area contributed by atoms with Crippen molar-refractivity contribution in [2.24, 2.45) is 0 Å². The molecule has 1 saturated heterocycles. The number of fused-ring (bicyclic) bond motifs is 1. The average Bonchev–Trinajstić information content (AvgIpc) is 2.91. The first kappa shape index (κ1) is 18.3. The van der Waals surface area contributed by atoms with Gasteiger partial charge in [0.05, 0.1) is 23.5 Å². The summed E-state index contributed by atoms with van der Waals surface area (Å²) in [5.74, 6) is 1.42. The fourth-order valence-corrected chi connectivity index (χ4v) is 4.33. The molecule has 1 saturated carbocycles. The predicted octanol–water partition coefficient (Wildman–Crippen LogP) is 2.18. The van der Waals surface area contributed by atoms with Gasteiger partial charge in [0, 0.05) is 13.1 Å². The maximum Gasteiger partial charge on any atom is 0.331 e. The Morgan fingerprint density at radius 1 is 1.20 bits per heavy atom. The van der Waals surface area contributed by atoms with Gasteiger partial charge in [0.2, 0.25) is 0 Å². The molecule has 0 amide bonds. The van der Waals surface area contributed by atoms with E-state index >= 15 is 0 Å². The zero-order valence-electron chi connectivity index (χ0n) is 15.6. The van der Waals surface area contributed by atoms with Crippen LogP contribution in [0.5, 0.6) is 0 Å². The van der Waals surface area contributed by atoms with Crippen LogP contribution in [0.1, 0.15) is 39.9 Å². The zero-order chi connectivity index (χ0) is 18.4. The molecule has 1 aliphatic carbocycles. The number of rotatable bonds is 1. The summed E-state index contributed by atoms with van der Waals surface area (Å²) in [5.41, 5.74) is 1.14. The molecule has 0 spiro atoms. The van der Waals surface area contributed by atoms with Gasteiger partial charge in [-0.2, -0.15) is 12.6 Å². The number of thiol groups is 1. The third-order valence-electron chi connectivity index (χ3n) is 4.95. The summed E-state index contributed by atoms with van der Waals surface area (Å²) < 4.78 is 8.94. The molecule has 2 aliphatic heterocycles. The Bertz CT molecular complexity index is 857. The van der Waals surface area contributed by atoms with Gasteiger partial charge in [-0.15, -0.1) is 0 Å². The topological polar surface area (TPSA) is 74.0 Å².